The van der Waals surface area contributed by atoms with E-state index in [-0.39, 0.29) is 17.4 Å². The lowest BCUT2D eigenvalue weighted by atomic mass is 9.93. The highest BCUT2D eigenvalue weighted by molar-refractivity contribution is 7.11. The lowest BCUT2D eigenvalue weighted by Gasteiger charge is -2.24. The fraction of sp³-hybridized carbons (Fsp3) is 0.600. The van der Waals surface area contributed by atoms with Crippen molar-refractivity contribution in [2.24, 2.45) is 5.41 Å². The Morgan fingerprint density at radius 2 is 2.22 bits per heavy atom. The maximum atomic E-state index is 12.2. The van der Waals surface area contributed by atoms with Gasteiger partial charge in [0.1, 0.15) is 4.88 Å². The normalized spacial score (nSPS) is 13.1. The van der Waals surface area contributed by atoms with Gasteiger partial charge in [-0.05, 0) is 20.9 Å². The zero-order chi connectivity index (χ0) is 17.0. The first-order valence-electron chi connectivity index (χ1n) is 7.58. The molecule has 2 aromatic heterocycles. The molecule has 0 radical (unpaired) electrons. The minimum absolute atomic E-state index is 0.0684. The number of rotatable bonds is 7. The van der Waals surface area contributed by atoms with Crippen LogP contribution < -0.4 is 10.6 Å². The van der Waals surface area contributed by atoms with Crippen LogP contribution in [0.15, 0.2) is 11.7 Å². The summed E-state index contributed by atoms with van der Waals surface area (Å²) in [4.78, 5) is 17.0. The van der Waals surface area contributed by atoms with Crippen LogP contribution in [0.5, 0.6) is 0 Å². The minimum Gasteiger partial charge on any atom is -0.351 e. The average molecular weight is 336 g/mol. The first-order chi connectivity index (χ1) is 10.8. The summed E-state index contributed by atoms with van der Waals surface area (Å²) >= 11 is 1.36. The fourth-order valence-electron chi connectivity index (χ4n) is 2.15. The second kappa shape index (κ2) is 7.18. The van der Waals surface area contributed by atoms with Crippen molar-refractivity contribution in [3.63, 3.8) is 0 Å². The van der Waals surface area contributed by atoms with Gasteiger partial charge in [0, 0.05) is 24.5 Å². The lowest BCUT2D eigenvalue weighted by Crippen LogP contribution is -2.36. The summed E-state index contributed by atoms with van der Waals surface area (Å²) in [6.45, 7) is 9.30. The first-order valence-corrected chi connectivity index (χ1v) is 8.46. The molecule has 0 saturated heterocycles. The number of hydrogen-bond acceptors (Lipinski definition) is 6. The highest BCUT2D eigenvalue weighted by Crippen LogP contribution is 2.18. The second-order valence-electron chi connectivity index (χ2n) is 6.47. The van der Waals surface area contributed by atoms with E-state index in [0.29, 0.717) is 18.0 Å². The van der Waals surface area contributed by atoms with E-state index in [4.69, 9.17) is 0 Å². The standard InChI is InChI=1S/C15H24N6OS/c1-10(16-5)12-6-21(20-19-12)8-15(3,4)7-17-14(22)13-11(2)18-9-23-13/h6,9-10,16H,7-8H2,1-5H3,(H,17,22). The number of hydrogen-bond donors (Lipinski definition) is 2. The molecule has 0 aromatic carbocycles. The van der Waals surface area contributed by atoms with Crippen molar-refractivity contribution < 1.29 is 4.79 Å². The minimum atomic E-state index is -0.137. The molecule has 1 amide bonds. The lowest BCUT2D eigenvalue weighted by molar-refractivity contribution is 0.0934. The monoisotopic (exact) mass is 336 g/mol. The van der Waals surface area contributed by atoms with E-state index in [1.807, 2.05) is 31.8 Å². The summed E-state index contributed by atoms with van der Waals surface area (Å²) in [6.07, 6.45) is 1.94. The number of carbonyl (C=O) groups excluding carboxylic acids is 1. The number of nitrogens with zero attached hydrogens (tertiary/aromatic N) is 4. The number of thiazole rings is 1. The third-order valence-corrected chi connectivity index (χ3v) is 4.63. The van der Waals surface area contributed by atoms with Gasteiger partial charge in [-0.15, -0.1) is 16.4 Å². The quantitative estimate of drug-likeness (QED) is 0.805. The smallest absolute Gasteiger partial charge is 0.263 e. The van der Waals surface area contributed by atoms with Crippen molar-refractivity contribution in [3.8, 4) is 0 Å². The molecule has 1 atom stereocenters. The Labute approximate surface area is 140 Å². The summed E-state index contributed by atoms with van der Waals surface area (Å²) in [7, 11) is 1.89. The van der Waals surface area contributed by atoms with Crippen LogP contribution in [0, 0.1) is 12.3 Å². The van der Waals surface area contributed by atoms with Crippen molar-refractivity contribution in [1.29, 1.82) is 0 Å². The number of aromatic nitrogens is 4. The van der Waals surface area contributed by atoms with Gasteiger partial charge in [0.15, 0.2) is 0 Å². The van der Waals surface area contributed by atoms with Crippen LogP contribution >= 0.6 is 11.3 Å². The molecule has 8 heteroatoms. The molecule has 0 aliphatic rings. The van der Waals surface area contributed by atoms with Crippen LogP contribution in [0.25, 0.3) is 0 Å². The summed E-state index contributed by atoms with van der Waals surface area (Å²) in [5, 5.41) is 14.5. The molecule has 0 bridgehead atoms. The van der Waals surface area contributed by atoms with Gasteiger partial charge in [-0.25, -0.2) is 4.98 Å². The maximum absolute atomic E-state index is 12.2. The van der Waals surface area contributed by atoms with Crippen LogP contribution in [0.3, 0.4) is 0 Å². The van der Waals surface area contributed by atoms with Gasteiger partial charge in [0.25, 0.3) is 5.91 Å². The van der Waals surface area contributed by atoms with Gasteiger partial charge in [-0.2, -0.15) is 0 Å². The van der Waals surface area contributed by atoms with Crippen molar-refractivity contribution in [1.82, 2.24) is 30.6 Å². The van der Waals surface area contributed by atoms with E-state index >= 15 is 0 Å². The van der Waals surface area contributed by atoms with Crippen LogP contribution in [-0.4, -0.2) is 39.5 Å². The van der Waals surface area contributed by atoms with Crippen LogP contribution in [0.4, 0.5) is 0 Å². The predicted molar refractivity (Wildman–Crippen MR) is 90.5 cm³/mol. The number of amides is 1. The predicted octanol–water partition coefficient (Wildman–Crippen LogP) is 1.78. The van der Waals surface area contributed by atoms with Crippen molar-refractivity contribution in [3.05, 3.63) is 28.0 Å². The van der Waals surface area contributed by atoms with Gasteiger partial charge >= 0.3 is 0 Å². The fourth-order valence-corrected chi connectivity index (χ4v) is 2.87. The topological polar surface area (TPSA) is 84.7 Å². The largest absolute Gasteiger partial charge is 0.351 e. The molecule has 0 spiro atoms. The molecule has 126 valence electrons. The molecule has 0 aliphatic heterocycles. The molecule has 2 heterocycles. The van der Waals surface area contributed by atoms with Gasteiger partial charge in [-0.3, -0.25) is 9.48 Å². The summed E-state index contributed by atoms with van der Waals surface area (Å²) in [5.74, 6) is -0.0684. The Hall–Kier alpha value is -1.80. The van der Waals surface area contributed by atoms with Crippen LogP contribution in [-0.2, 0) is 6.54 Å². The first kappa shape index (κ1) is 17.6. The van der Waals surface area contributed by atoms with Gasteiger partial charge in [0.05, 0.1) is 23.1 Å². The van der Waals surface area contributed by atoms with Gasteiger partial charge in [-0.1, -0.05) is 19.1 Å². The van der Waals surface area contributed by atoms with Gasteiger partial charge < -0.3 is 10.6 Å². The molecule has 0 saturated carbocycles. The molecule has 2 rings (SSSR count). The Bertz CT molecular complexity index is 662. The Kier molecular flexibility index (Phi) is 5.48. The summed E-state index contributed by atoms with van der Waals surface area (Å²) in [5.41, 5.74) is 3.23. The van der Waals surface area contributed by atoms with Crippen molar-refractivity contribution in [2.75, 3.05) is 13.6 Å². The van der Waals surface area contributed by atoms with Crippen LogP contribution in [0.2, 0.25) is 0 Å². The maximum Gasteiger partial charge on any atom is 0.263 e. The number of aryl methyl sites for hydroxylation is 1. The molecular formula is C15H24N6OS. The molecule has 7 nitrogen and oxygen atoms in total. The molecule has 0 aliphatic carbocycles. The van der Waals surface area contributed by atoms with Gasteiger partial charge in [0.2, 0.25) is 0 Å². The molecule has 23 heavy (non-hydrogen) atoms. The highest BCUT2D eigenvalue weighted by Gasteiger charge is 2.22. The van der Waals surface area contributed by atoms with Crippen LogP contribution in [0.1, 0.15) is 47.9 Å². The summed E-state index contributed by atoms with van der Waals surface area (Å²) in [6, 6.07) is 0.167. The van der Waals surface area contributed by atoms with Crippen molar-refractivity contribution in [2.45, 2.75) is 40.3 Å². The Morgan fingerprint density at radius 1 is 1.48 bits per heavy atom. The zero-order valence-electron chi connectivity index (χ0n) is 14.3. The number of carbonyl (C=O) groups is 1. The molecule has 1 unspecified atom stereocenters. The molecular weight excluding hydrogens is 312 g/mol. The van der Waals surface area contributed by atoms with Crippen molar-refractivity contribution >= 4 is 17.2 Å². The Morgan fingerprint density at radius 3 is 2.83 bits per heavy atom. The van der Waals surface area contributed by atoms with E-state index in [0.717, 1.165) is 11.4 Å². The third kappa shape index (κ3) is 4.59. The van der Waals surface area contributed by atoms with E-state index in [2.05, 4.69) is 39.8 Å². The number of nitrogens with one attached hydrogen (secondary N) is 2. The zero-order valence-corrected chi connectivity index (χ0v) is 15.1. The molecule has 2 N–H and O–H groups in total. The molecule has 2 aromatic rings. The average Bonchev–Trinajstić information content (AvgIpc) is 3.12. The molecule has 0 fully saturated rings. The summed E-state index contributed by atoms with van der Waals surface area (Å²) < 4.78 is 1.83. The SMILES string of the molecule is CNC(C)c1cn(CC(C)(C)CNC(=O)c2scnc2C)nn1. The second-order valence-corrected chi connectivity index (χ2v) is 7.32. The highest BCUT2D eigenvalue weighted by atomic mass is 32.1. The van der Waals surface area contributed by atoms with E-state index in [1.54, 1.807) is 5.51 Å². The van der Waals surface area contributed by atoms with E-state index < -0.39 is 0 Å². The van der Waals surface area contributed by atoms with E-state index in [9.17, 15) is 4.79 Å². The Balaban J connectivity index is 1.92. The van der Waals surface area contributed by atoms with E-state index in [1.165, 1.54) is 11.3 Å². The third-order valence-electron chi connectivity index (χ3n) is 3.70.